The van der Waals surface area contributed by atoms with E-state index in [4.69, 9.17) is 17.7 Å². The molecule has 0 fully saturated rings. The van der Waals surface area contributed by atoms with Crippen LogP contribution in [0.3, 0.4) is 0 Å². The quantitative estimate of drug-likeness (QED) is 0.194. The lowest BCUT2D eigenvalue weighted by Gasteiger charge is -1.87. The van der Waals surface area contributed by atoms with Gasteiger partial charge in [0.05, 0.1) is 9.75 Å². The Hall–Kier alpha value is -5.80. The van der Waals surface area contributed by atoms with Crippen molar-refractivity contribution in [1.29, 1.82) is 0 Å². The highest BCUT2D eigenvalue weighted by molar-refractivity contribution is 7.18. The number of rotatable bonds is 4. The Kier molecular flexibility index (Phi) is 6.57. The van der Waals surface area contributed by atoms with Crippen molar-refractivity contribution in [2.24, 2.45) is 0 Å². The highest BCUT2D eigenvalue weighted by Crippen LogP contribution is 2.36. The van der Waals surface area contributed by atoms with Crippen molar-refractivity contribution in [3.05, 3.63) is 120 Å². The molecule has 45 heavy (non-hydrogen) atoms. The van der Waals surface area contributed by atoms with Crippen molar-refractivity contribution in [3.8, 4) is 21.5 Å². The highest BCUT2D eigenvalue weighted by Gasteiger charge is 2.15. The maximum Gasteiger partial charge on any atom is 0.237 e. The predicted octanol–water partition coefficient (Wildman–Crippen LogP) is 10.1. The lowest BCUT2D eigenvalue weighted by Crippen LogP contribution is -1.73. The van der Waals surface area contributed by atoms with Crippen molar-refractivity contribution in [2.75, 3.05) is 0 Å². The molecule has 9 aromatic rings. The lowest BCUT2D eigenvalue weighted by atomic mass is 10.2. The molecule has 0 amide bonds. The molecule has 218 valence electrons. The molecule has 0 bridgehead atoms. The molecule has 0 N–H and O–H groups in total. The smallest absolute Gasteiger partial charge is 0.237 e. The second-order valence-electron chi connectivity index (χ2n) is 10.5. The van der Waals surface area contributed by atoms with Crippen LogP contribution >= 0.6 is 11.3 Å². The SMILES string of the molecule is Cc1ccc2oc(/C=C/c3nc4cc(C)ccc4o3)nc2c1.c1ccc2oc(-c3ccc(-c4nc5ccccc5o4)s3)nc2c1. The molecule has 5 heterocycles. The average molecular weight is 609 g/mol. The van der Waals surface area contributed by atoms with Crippen LogP contribution in [0.4, 0.5) is 0 Å². The first-order chi connectivity index (χ1) is 22.0. The van der Waals surface area contributed by atoms with Crippen LogP contribution in [0.25, 0.3) is 78.1 Å². The molecule has 4 aromatic carbocycles. The minimum Gasteiger partial charge on any atom is -0.437 e. The van der Waals surface area contributed by atoms with E-state index in [1.54, 1.807) is 23.5 Å². The summed E-state index contributed by atoms with van der Waals surface area (Å²) in [6.07, 6.45) is 3.54. The Labute approximate surface area is 260 Å². The van der Waals surface area contributed by atoms with E-state index in [-0.39, 0.29) is 0 Å². The Bertz CT molecular complexity index is 2260. The number of hydrogen-bond acceptors (Lipinski definition) is 9. The van der Waals surface area contributed by atoms with E-state index in [9.17, 15) is 0 Å². The third kappa shape index (κ3) is 5.41. The van der Waals surface area contributed by atoms with E-state index in [0.29, 0.717) is 23.6 Å². The zero-order chi connectivity index (χ0) is 30.3. The average Bonchev–Trinajstić information content (AvgIpc) is 3.88. The zero-order valence-electron chi connectivity index (χ0n) is 24.2. The van der Waals surface area contributed by atoms with Crippen LogP contribution in [0.15, 0.2) is 115 Å². The summed E-state index contributed by atoms with van der Waals surface area (Å²) in [5.41, 5.74) is 8.88. The number of fused-ring (bicyclic) bond motifs is 4. The van der Waals surface area contributed by atoms with Crippen LogP contribution in [-0.4, -0.2) is 19.9 Å². The zero-order valence-corrected chi connectivity index (χ0v) is 25.0. The second kappa shape index (κ2) is 11.0. The first-order valence-corrected chi connectivity index (χ1v) is 15.1. The molecule has 0 aliphatic heterocycles. The maximum absolute atomic E-state index is 5.81. The van der Waals surface area contributed by atoms with Gasteiger partial charge in [0, 0.05) is 12.2 Å². The van der Waals surface area contributed by atoms with E-state index in [2.05, 4.69) is 19.9 Å². The Morgan fingerprint density at radius 1 is 0.467 bits per heavy atom. The summed E-state index contributed by atoms with van der Waals surface area (Å²) in [7, 11) is 0. The van der Waals surface area contributed by atoms with Gasteiger partial charge in [-0.15, -0.1) is 11.3 Å². The van der Waals surface area contributed by atoms with Crippen molar-refractivity contribution in [3.63, 3.8) is 0 Å². The summed E-state index contributed by atoms with van der Waals surface area (Å²) in [5, 5.41) is 0. The van der Waals surface area contributed by atoms with Crippen molar-refractivity contribution < 1.29 is 17.7 Å². The van der Waals surface area contributed by atoms with Crippen molar-refractivity contribution in [1.82, 2.24) is 19.9 Å². The van der Waals surface area contributed by atoms with Crippen LogP contribution in [-0.2, 0) is 0 Å². The Morgan fingerprint density at radius 3 is 1.38 bits per heavy atom. The normalized spacial score (nSPS) is 11.7. The van der Waals surface area contributed by atoms with Gasteiger partial charge in [-0.1, -0.05) is 36.4 Å². The van der Waals surface area contributed by atoms with Gasteiger partial charge in [0.25, 0.3) is 0 Å². The van der Waals surface area contributed by atoms with E-state index in [1.165, 1.54) is 0 Å². The molecule has 0 saturated heterocycles. The van der Waals surface area contributed by atoms with Gasteiger partial charge in [0.2, 0.25) is 23.6 Å². The summed E-state index contributed by atoms with van der Waals surface area (Å²) < 4.78 is 23.0. The maximum atomic E-state index is 5.81. The van der Waals surface area contributed by atoms with Gasteiger partial charge in [-0.2, -0.15) is 0 Å². The van der Waals surface area contributed by atoms with E-state index >= 15 is 0 Å². The monoisotopic (exact) mass is 608 g/mol. The topological polar surface area (TPSA) is 104 Å². The number of nitrogens with zero attached hydrogens (tertiary/aromatic N) is 4. The highest BCUT2D eigenvalue weighted by atomic mass is 32.1. The van der Waals surface area contributed by atoms with Crippen LogP contribution in [0.1, 0.15) is 22.9 Å². The first kappa shape index (κ1) is 26.8. The minimum absolute atomic E-state index is 0.541. The molecule has 0 atom stereocenters. The van der Waals surface area contributed by atoms with Gasteiger partial charge in [0.1, 0.15) is 22.1 Å². The fourth-order valence-corrected chi connectivity index (χ4v) is 5.78. The largest absolute Gasteiger partial charge is 0.437 e. The second-order valence-corrected chi connectivity index (χ2v) is 11.6. The predicted molar refractivity (Wildman–Crippen MR) is 177 cm³/mol. The number of hydrogen-bond donors (Lipinski definition) is 0. The molecule has 8 nitrogen and oxygen atoms in total. The Balaban J connectivity index is 0.000000134. The molecule has 0 spiro atoms. The fraction of sp³-hybridized carbons (Fsp3) is 0.0556. The number of thiophene rings is 1. The summed E-state index contributed by atoms with van der Waals surface area (Å²) in [5.74, 6) is 2.33. The van der Waals surface area contributed by atoms with Gasteiger partial charge in [-0.05, 0) is 85.6 Å². The van der Waals surface area contributed by atoms with Gasteiger partial charge >= 0.3 is 0 Å². The Morgan fingerprint density at radius 2 is 0.911 bits per heavy atom. The lowest BCUT2D eigenvalue weighted by molar-refractivity contribution is 0.583. The molecular weight excluding hydrogens is 584 g/mol. The fourth-order valence-electron chi connectivity index (χ4n) is 4.92. The molecule has 5 aromatic heterocycles. The van der Waals surface area contributed by atoms with Crippen LogP contribution in [0.2, 0.25) is 0 Å². The van der Waals surface area contributed by atoms with Crippen molar-refractivity contribution >= 4 is 67.9 Å². The standard InChI is InChI=1S/C18H10N2O2S.C18H14N2O2/c1-3-7-13-11(5-1)19-17(21-13)15-9-10-16(23-15)18-20-12-6-2-4-8-14(12)22-18;1-11-3-5-15-13(9-11)19-17(21-15)7-8-18-20-14-10-12(2)4-6-16(14)22-18/h1-10H;3-10H,1-2H3/b;8-7+. The van der Waals surface area contributed by atoms with Gasteiger partial charge in [-0.3, -0.25) is 0 Å². The molecule has 0 unspecified atom stereocenters. The minimum atomic E-state index is 0.541. The summed E-state index contributed by atoms with van der Waals surface area (Å²) in [6, 6.07) is 31.3. The van der Waals surface area contributed by atoms with Gasteiger partial charge in [-0.25, -0.2) is 19.9 Å². The molecule has 9 rings (SSSR count). The number of oxazole rings is 4. The summed E-state index contributed by atoms with van der Waals surface area (Å²) in [4.78, 5) is 19.8. The third-order valence-electron chi connectivity index (χ3n) is 7.10. The molecule has 0 aliphatic carbocycles. The number of aryl methyl sites for hydroxylation is 2. The van der Waals surface area contributed by atoms with Gasteiger partial charge in [0.15, 0.2) is 22.3 Å². The molecule has 0 aliphatic rings. The molecule has 0 saturated carbocycles. The van der Waals surface area contributed by atoms with Crippen molar-refractivity contribution in [2.45, 2.75) is 13.8 Å². The number of aromatic nitrogens is 4. The molecule has 0 radical (unpaired) electrons. The van der Waals surface area contributed by atoms with Crippen LogP contribution < -0.4 is 0 Å². The number of para-hydroxylation sites is 4. The summed E-state index contributed by atoms with van der Waals surface area (Å²) >= 11 is 1.56. The van der Waals surface area contributed by atoms with Crippen LogP contribution in [0, 0.1) is 13.8 Å². The van der Waals surface area contributed by atoms with Crippen LogP contribution in [0.5, 0.6) is 0 Å². The number of benzene rings is 4. The third-order valence-corrected chi connectivity index (χ3v) is 8.16. The first-order valence-electron chi connectivity index (χ1n) is 14.3. The summed E-state index contributed by atoms with van der Waals surface area (Å²) in [6.45, 7) is 4.06. The van der Waals surface area contributed by atoms with E-state index in [0.717, 1.165) is 65.3 Å². The van der Waals surface area contributed by atoms with Gasteiger partial charge < -0.3 is 17.7 Å². The van der Waals surface area contributed by atoms with E-state index in [1.807, 2.05) is 111 Å². The van der Waals surface area contributed by atoms with E-state index < -0.39 is 0 Å². The molecular formula is C36H24N4O4S. The molecule has 9 heteroatoms.